The molecule has 0 unspecified atom stereocenters. The first-order valence-corrected chi connectivity index (χ1v) is 12.3. The zero-order valence-corrected chi connectivity index (χ0v) is 20.4. The molecule has 36 heavy (non-hydrogen) atoms. The van der Waals surface area contributed by atoms with Crippen molar-refractivity contribution >= 4 is 32.7 Å². The minimum absolute atomic E-state index is 0.0135. The maximum Gasteiger partial charge on any atom is 0.144 e. The number of hydrogen-bond acceptors (Lipinski definition) is 2. The second kappa shape index (κ2) is 8.95. The highest BCUT2D eigenvalue weighted by molar-refractivity contribution is 6.17. The molecule has 0 saturated carbocycles. The summed E-state index contributed by atoms with van der Waals surface area (Å²) in [4.78, 5) is 4.57. The van der Waals surface area contributed by atoms with Crippen LogP contribution < -0.4 is 0 Å². The molecular weight excluding hydrogens is 438 g/mol. The minimum atomic E-state index is -2.54. The van der Waals surface area contributed by atoms with Gasteiger partial charge in [0, 0.05) is 37.5 Å². The van der Waals surface area contributed by atoms with E-state index < -0.39 is 19.6 Å². The Labute approximate surface area is 222 Å². The zero-order valence-electron chi connectivity index (χ0n) is 27.4. The van der Waals surface area contributed by atoms with Crippen LogP contribution in [0.25, 0.3) is 55.1 Å². The van der Waals surface area contributed by atoms with E-state index in [0.29, 0.717) is 35.2 Å². The lowest BCUT2D eigenvalue weighted by molar-refractivity contribution is 0.641. The fourth-order valence-corrected chi connectivity index (χ4v) is 5.21. The summed E-state index contributed by atoms with van der Waals surface area (Å²) < 4.78 is 65.2. The quantitative estimate of drug-likeness (QED) is 0.247. The van der Waals surface area contributed by atoms with Crippen LogP contribution in [0.1, 0.15) is 58.9 Å². The summed E-state index contributed by atoms with van der Waals surface area (Å²) >= 11 is 0. The molecule has 178 valence electrons. The molecule has 0 aliphatic rings. The molecule has 0 fully saturated rings. The number of pyridine rings is 1. The summed E-state index contributed by atoms with van der Waals surface area (Å²) in [7, 11) is 0. The van der Waals surface area contributed by atoms with Gasteiger partial charge in [0.1, 0.15) is 11.2 Å². The molecule has 6 rings (SSSR count). The molecule has 2 heterocycles. The van der Waals surface area contributed by atoms with Crippen molar-refractivity contribution in [1.82, 2.24) is 4.98 Å². The summed E-state index contributed by atoms with van der Waals surface area (Å²) in [6.07, 6.45) is 2.35. The SMILES string of the molecule is [2H]C([2H])([2H])c1cnc(-c2cccc3c2oc2c4ccccc4ccc32)cc1-c1ccc(C([2H])(CC)CC)cc1C([2H])([2H])[2H]. The van der Waals surface area contributed by atoms with E-state index in [9.17, 15) is 0 Å². The van der Waals surface area contributed by atoms with Crippen molar-refractivity contribution in [2.24, 2.45) is 0 Å². The Morgan fingerprint density at radius 1 is 0.750 bits per heavy atom. The summed E-state index contributed by atoms with van der Waals surface area (Å²) in [5, 5.41) is 3.91. The third kappa shape index (κ3) is 3.60. The maximum absolute atomic E-state index is 8.90. The molecule has 0 atom stereocenters. The average molecular weight is 477 g/mol. The predicted molar refractivity (Wildman–Crippen MR) is 153 cm³/mol. The number of benzene rings is 4. The van der Waals surface area contributed by atoms with Gasteiger partial charge in [-0.15, -0.1) is 0 Å². The molecule has 6 aromatic rings. The summed E-state index contributed by atoms with van der Waals surface area (Å²) in [5.41, 5.74) is 3.63. The number of hydrogen-bond donors (Lipinski definition) is 0. The zero-order chi connectivity index (χ0) is 30.7. The van der Waals surface area contributed by atoms with E-state index >= 15 is 0 Å². The van der Waals surface area contributed by atoms with Gasteiger partial charge in [0.2, 0.25) is 0 Å². The van der Waals surface area contributed by atoms with Crippen LogP contribution in [0.4, 0.5) is 0 Å². The minimum Gasteiger partial charge on any atom is -0.455 e. The predicted octanol–water partition coefficient (Wildman–Crippen LogP) is 9.99. The number of para-hydroxylation sites is 1. The lowest BCUT2D eigenvalue weighted by atomic mass is 9.89. The summed E-state index contributed by atoms with van der Waals surface area (Å²) in [5.74, 6) is -0.949. The Morgan fingerprint density at radius 2 is 1.56 bits per heavy atom. The van der Waals surface area contributed by atoms with Gasteiger partial charge >= 0.3 is 0 Å². The first-order chi connectivity index (χ1) is 20.4. The van der Waals surface area contributed by atoms with Gasteiger partial charge < -0.3 is 4.42 Å². The summed E-state index contributed by atoms with van der Waals surface area (Å²) in [6, 6.07) is 24.5. The van der Waals surface area contributed by atoms with E-state index in [0.717, 1.165) is 27.1 Å². The number of aromatic nitrogens is 1. The third-order valence-electron chi connectivity index (χ3n) is 7.14. The van der Waals surface area contributed by atoms with Gasteiger partial charge in [-0.2, -0.15) is 0 Å². The lowest BCUT2D eigenvalue weighted by Crippen LogP contribution is -1.98. The number of rotatable bonds is 5. The number of nitrogens with zero attached hydrogens (tertiary/aromatic N) is 1. The summed E-state index contributed by atoms with van der Waals surface area (Å²) in [6.45, 7) is -1.27. The molecule has 0 bridgehead atoms. The van der Waals surface area contributed by atoms with E-state index in [2.05, 4.69) is 11.1 Å². The number of fused-ring (bicyclic) bond motifs is 5. The molecule has 0 N–H and O–H groups in total. The van der Waals surface area contributed by atoms with Crippen LogP contribution in [0.3, 0.4) is 0 Å². The van der Waals surface area contributed by atoms with Crippen LogP contribution in [-0.4, -0.2) is 4.98 Å². The van der Waals surface area contributed by atoms with Gasteiger partial charge in [0.25, 0.3) is 0 Å². The van der Waals surface area contributed by atoms with Crippen molar-refractivity contribution in [2.75, 3.05) is 0 Å². The van der Waals surface area contributed by atoms with Crippen LogP contribution in [0.2, 0.25) is 0 Å². The second-order valence-electron chi connectivity index (χ2n) is 9.13. The van der Waals surface area contributed by atoms with Gasteiger partial charge in [0.05, 0.1) is 5.69 Å². The second-order valence-corrected chi connectivity index (χ2v) is 9.13. The Morgan fingerprint density at radius 3 is 2.39 bits per heavy atom. The van der Waals surface area contributed by atoms with Crippen molar-refractivity contribution in [3.8, 4) is 22.4 Å². The normalized spacial score (nSPS) is 15.7. The van der Waals surface area contributed by atoms with E-state index in [1.54, 1.807) is 24.3 Å². The Bertz CT molecular complexity index is 2000. The fourth-order valence-electron chi connectivity index (χ4n) is 5.21. The highest BCUT2D eigenvalue weighted by Crippen LogP contribution is 2.39. The van der Waals surface area contributed by atoms with Crippen LogP contribution >= 0.6 is 0 Å². The lowest BCUT2D eigenvalue weighted by Gasteiger charge is -2.17. The molecule has 2 heteroatoms. The van der Waals surface area contributed by atoms with E-state index in [-0.39, 0.29) is 22.3 Å². The van der Waals surface area contributed by atoms with Crippen molar-refractivity contribution in [3.05, 3.63) is 102 Å². The van der Waals surface area contributed by atoms with Gasteiger partial charge in [-0.3, -0.25) is 4.98 Å². The topological polar surface area (TPSA) is 26.0 Å². The largest absolute Gasteiger partial charge is 0.455 e. The Hall–Kier alpha value is -3.91. The van der Waals surface area contributed by atoms with Crippen molar-refractivity contribution in [3.63, 3.8) is 0 Å². The van der Waals surface area contributed by atoms with Crippen LogP contribution in [0.15, 0.2) is 89.5 Å². The Balaban J connectivity index is 1.62. The first kappa shape index (κ1) is 16.0. The fraction of sp³-hybridized carbons (Fsp3) is 0.206. The van der Waals surface area contributed by atoms with Gasteiger partial charge in [0.15, 0.2) is 0 Å². The number of aryl methyl sites for hydroxylation is 2. The standard InChI is InChI=1S/C34H31NO/c1-5-23(6-2)25-15-16-26(21(3)18-25)31-19-32(35-20-22(31)4)30-13-9-12-28-29-17-14-24-10-7-8-11-27(24)33(29)36-34(28)30/h7-20,23H,5-6H2,1-4H3/i3D3,4D3,23D. The van der Waals surface area contributed by atoms with Crippen molar-refractivity contribution in [1.29, 1.82) is 0 Å². The molecule has 0 aliphatic carbocycles. The van der Waals surface area contributed by atoms with Crippen LogP contribution in [0, 0.1) is 13.7 Å². The molecule has 2 nitrogen and oxygen atoms in total. The molecule has 4 aromatic carbocycles. The molecule has 0 amide bonds. The molecule has 0 aliphatic heterocycles. The maximum atomic E-state index is 8.90. The monoisotopic (exact) mass is 476 g/mol. The Kier molecular flexibility index (Phi) is 3.97. The number of furan rings is 1. The highest BCUT2D eigenvalue weighted by Gasteiger charge is 2.17. The van der Waals surface area contributed by atoms with Gasteiger partial charge in [-0.05, 0) is 83.8 Å². The molecule has 0 spiro atoms. The van der Waals surface area contributed by atoms with Gasteiger partial charge in [-0.25, -0.2) is 0 Å². The van der Waals surface area contributed by atoms with E-state index in [1.807, 2.05) is 62.4 Å². The van der Waals surface area contributed by atoms with Crippen LogP contribution in [-0.2, 0) is 0 Å². The van der Waals surface area contributed by atoms with Crippen molar-refractivity contribution in [2.45, 2.75) is 46.3 Å². The van der Waals surface area contributed by atoms with Crippen molar-refractivity contribution < 1.29 is 14.0 Å². The van der Waals surface area contributed by atoms with Gasteiger partial charge in [-0.1, -0.05) is 74.5 Å². The smallest absolute Gasteiger partial charge is 0.144 e. The highest BCUT2D eigenvalue weighted by atomic mass is 16.3. The van der Waals surface area contributed by atoms with E-state index in [1.165, 1.54) is 6.20 Å². The molecule has 2 aromatic heterocycles. The molecule has 0 saturated heterocycles. The first-order valence-electron chi connectivity index (χ1n) is 15.8. The molecule has 0 radical (unpaired) electrons. The van der Waals surface area contributed by atoms with Crippen LogP contribution in [0.5, 0.6) is 0 Å². The van der Waals surface area contributed by atoms with E-state index in [4.69, 9.17) is 14.0 Å². The average Bonchev–Trinajstić information content (AvgIpc) is 3.39. The third-order valence-corrected chi connectivity index (χ3v) is 7.14. The molecular formula is C34H31NO.